The van der Waals surface area contributed by atoms with Crippen LogP contribution < -0.4 is 4.80 Å². The number of carbonyl (C=O) groups is 1. The molecule has 194 valence electrons. The van der Waals surface area contributed by atoms with Crippen molar-refractivity contribution in [1.82, 2.24) is 8.87 Å². The average Bonchev–Trinajstić information content (AvgIpc) is 3.20. The summed E-state index contributed by atoms with van der Waals surface area (Å²) in [6.45, 7) is 7.84. The standard InChI is InChI=1S/C27H35N3O4S2/c1-5-34-16-15-30-24-17-19(2)20(3)18-25(24)35-27(30)28-26(31)21-11-13-23(14-12-21)36(32,33)29(4)22-9-7-6-8-10-22/h11-14,17-18,22H,5-10,15-16H2,1-4H3. The highest BCUT2D eigenvalue weighted by Gasteiger charge is 2.29. The summed E-state index contributed by atoms with van der Waals surface area (Å²) >= 11 is 1.47. The van der Waals surface area contributed by atoms with Crippen LogP contribution in [0.1, 0.15) is 60.5 Å². The van der Waals surface area contributed by atoms with Gasteiger partial charge in [0.15, 0.2) is 4.80 Å². The van der Waals surface area contributed by atoms with Crippen molar-refractivity contribution in [2.75, 3.05) is 20.3 Å². The van der Waals surface area contributed by atoms with Gasteiger partial charge in [-0.25, -0.2) is 8.42 Å². The van der Waals surface area contributed by atoms with Crippen LogP contribution in [0.5, 0.6) is 0 Å². The molecule has 4 rings (SSSR count). The van der Waals surface area contributed by atoms with E-state index in [4.69, 9.17) is 4.74 Å². The van der Waals surface area contributed by atoms with E-state index in [0.29, 0.717) is 30.1 Å². The van der Waals surface area contributed by atoms with Gasteiger partial charge < -0.3 is 9.30 Å². The second-order valence-corrected chi connectivity index (χ2v) is 12.4. The topological polar surface area (TPSA) is 81.0 Å². The number of aromatic nitrogens is 1. The molecular weight excluding hydrogens is 494 g/mol. The van der Waals surface area contributed by atoms with E-state index in [-0.39, 0.29) is 10.9 Å². The fraction of sp³-hybridized carbons (Fsp3) is 0.481. The maximum atomic E-state index is 13.1. The molecule has 1 aliphatic rings. The molecule has 0 unspecified atom stereocenters. The summed E-state index contributed by atoms with van der Waals surface area (Å²) in [5, 5.41) is 0. The third-order valence-corrected chi connectivity index (χ3v) is 9.99. The van der Waals surface area contributed by atoms with Crippen LogP contribution in [0.3, 0.4) is 0 Å². The molecule has 1 aromatic heterocycles. The molecule has 7 nitrogen and oxygen atoms in total. The summed E-state index contributed by atoms with van der Waals surface area (Å²) in [6, 6.07) is 10.4. The molecule has 0 N–H and O–H groups in total. The minimum Gasteiger partial charge on any atom is -0.380 e. The van der Waals surface area contributed by atoms with Gasteiger partial charge in [0.2, 0.25) is 10.0 Å². The van der Waals surface area contributed by atoms with E-state index in [0.717, 1.165) is 42.3 Å². The van der Waals surface area contributed by atoms with Crippen molar-refractivity contribution in [2.45, 2.75) is 70.4 Å². The first kappa shape index (κ1) is 26.7. The van der Waals surface area contributed by atoms with Crippen LogP contribution in [0.15, 0.2) is 46.3 Å². The highest BCUT2D eigenvalue weighted by atomic mass is 32.2. The molecule has 1 heterocycles. The number of amides is 1. The number of fused-ring (bicyclic) bond motifs is 1. The smallest absolute Gasteiger partial charge is 0.279 e. The fourth-order valence-electron chi connectivity index (χ4n) is 4.65. The van der Waals surface area contributed by atoms with Gasteiger partial charge in [-0.15, -0.1) is 0 Å². The van der Waals surface area contributed by atoms with Gasteiger partial charge in [0.05, 0.1) is 21.7 Å². The summed E-state index contributed by atoms with van der Waals surface area (Å²) in [4.78, 5) is 18.3. The lowest BCUT2D eigenvalue weighted by Gasteiger charge is -2.30. The van der Waals surface area contributed by atoms with E-state index in [9.17, 15) is 13.2 Å². The highest BCUT2D eigenvalue weighted by molar-refractivity contribution is 7.89. The molecule has 1 fully saturated rings. The predicted molar refractivity (Wildman–Crippen MR) is 144 cm³/mol. The highest BCUT2D eigenvalue weighted by Crippen LogP contribution is 2.27. The number of sulfonamides is 1. The Morgan fingerprint density at radius 1 is 1.11 bits per heavy atom. The van der Waals surface area contributed by atoms with E-state index in [1.54, 1.807) is 19.2 Å². The van der Waals surface area contributed by atoms with Crippen LogP contribution in [-0.2, 0) is 21.3 Å². The maximum absolute atomic E-state index is 13.1. The largest absolute Gasteiger partial charge is 0.380 e. The molecule has 0 bridgehead atoms. The van der Waals surface area contributed by atoms with Gasteiger partial charge in [-0.05, 0) is 81.1 Å². The molecule has 0 saturated heterocycles. The summed E-state index contributed by atoms with van der Waals surface area (Å²) in [7, 11) is -1.95. The third kappa shape index (κ3) is 5.64. The molecule has 0 radical (unpaired) electrons. The lowest BCUT2D eigenvalue weighted by atomic mass is 9.96. The Morgan fingerprint density at radius 3 is 2.44 bits per heavy atom. The number of hydrogen-bond donors (Lipinski definition) is 0. The number of thiazole rings is 1. The van der Waals surface area contributed by atoms with Crippen LogP contribution in [0.2, 0.25) is 0 Å². The lowest BCUT2D eigenvalue weighted by Crippen LogP contribution is -2.38. The molecule has 0 aliphatic heterocycles. The normalized spacial score (nSPS) is 15.8. The van der Waals surface area contributed by atoms with Crippen molar-refractivity contribution >= 4 is 37.5 Å². The van der Waals surface area contributed by atoms with Crippen molar-refractivity contribution in [3.05, 3.63) is 57.9 Å². The molecule has 0 atom stereocenters. The summed E-state index contributed by atoms with van der Waals surface area (Å²) in [5.74, 6) is -0.398. The van der Waals surface area contributed by atoms with Gasteiger partial charge >= 0.3 is 0 Å². The Labute approximate surface area is 217 Å². The molecule has 3 aromatic rings. The Balaban J connectivity index is 1.62. The van der Waals surface area contributed by atoms with Gasteiger partial charge in [0, 0.05) is 31.8 Å². The van der Waals surface area contributed by atoms with E-state index < -0.39 is 15.9 Å². The number of aryl methyl sites for hydroxylation is 2. The first-order valence-corrected chi connectivity index (χ1v) is 14.8. The van der Waals surface area contributed by atoms with Gasteiger partial charge in [-0.1, -0.05) is 30.6 Å². The number of nitrogens with zero attached hydrogens (tertiary/aromatic N) is 3. The van der Waals surface area contributed by atoms with Crippen molar-refractivity contribution < 1.29 is 17.9 Å². The Kier molecular flexibility index (Phi) is 8.44. The Morgan fingerprint density at radius 2 is 1.78 bits per heavy atom. The molecular formula is C27H35N3O4S2. The number of benzene rings is 2. The van der Waals surface area contributed by atoms with E-state index in [1.807, 2.05) is 11.5 Å². The molecule has 9 heteroatoms. The van der Waals surface area contributed by atoms with Gasteiger partial charge in [0.25, 0.3) is 5.91 Å². The van der Waals surface area contributed by atoms with E-state index >= 15 is 0 Å². The molecule has 2 aromatic carbocycles. The lowest BCUT2D eigenvalue weighted by molar-refractivity contribution is 0.0996. The van der Waals surface area contributed by atoms with Crippen LogP contribution in [0.4, 0.5) is 0 Å². The second-order valence-electron chi connectivity index (χ2n) is 9.39. The van der Waals surface area contributed by atoms with Crippen LogP contribution in [0, 0.1) is 13.8 Å². The summed E-state index contributed by atoms with van der Waals surface area (Å²) < 4.78 is 36.4. The van der Waals surface area contributed by atoms with E-state index in [2.05, 4.69) is 31.0 Å². The average molecular weight is 530 g/mol. The zero-order valence-electron chi connectivity index (χ0n) is 21.5. The van der Waals surface area contributed by atoms with Crippen molar-refractivity contribution in [2.24, 2.45) is 4.99 Å². The van der Waals surface area contributed by atoms with Gasteiger partial charge in [-0.3, -0.25) is 4.79 Å². The van der Waals surface area contributed by atoms with Crippen molar-refractivity contribution in [1.29, 1.82) is 0 Å². The summed E-state index contributed by atoms with van der Waals surface area (Å²) in [6.07, 6.45) is 5.06. The van der Waals surface area contributed by atoms with Crippen LogP contribution >= 0.6 is 11.3 Å². The summed E-state index contributed by atoms with van der Waals surface area (Å²) in [5.41, 5.74) is 3.75. The fourth-order valence-corrected chi connectivity index (χ4v) is 7.20. The maximum Gasteiger partial charge on any atom is 0.279 e. The molecule has 1 saturated carbocycles. The van der Waals surface area contributed by atoms with Gasteiger partial charge in [-0.2, -0.15) is 9.30 Å². The predicted octanol–water partition coefficient (Wildman–Crippen LogP) is 5.05. The van der Waals surface area contributed by atoms with Crippen molar-refractivity contribution in [3.8, 4) is 0 Å². The third-order valence-electron chi connectivity index (χ3n) is 7.03. The zero-order valence-corrected chi connectivity index (χ0v) is 23.1. The van der Waals surface area contributed by atoms with Gasteiger partial charge in [0.1, 0.15) is 0 Å². The Hall–Kier alpha value is -2.33. The molecule has 1 amide bonds. The van der Waals surface area contributed by atoms with Crippen LogP contribution in [-0.4, -0.2) is 49.5 Å². The minimum atomic E-state index is -3.61. The Bertz CT molecular complexity index is 1400. The number of rotatable bonds is 8. The van der Waals surface area contributed by atoms with E-state index in [1.165, 1.54) is 38.9 Å². The molecule has 1 aliphatic carbocycles. The number of ether oxygens (including phenoxy) is 1. The first-order chi connectivity index (χ1) is 17.2. The first-order valence-electron chi connectivity index (χ1n) is 12.6. The minimum absolute atomic E-state index is 0.0347. The number of carbonyl (C=O) groups excluding carboxylic acids is 1. The van der Waals surface area contributed by atoms with Crippen LogP contribution in [0.25, 0.3) is 10.2 Å². The quantitative estimate of drug-likeness (QED) is 0.383. The molecule has 36 heavy (non-hydrogen) atoms. The second kappa shape index (κ2) is 11.4. The number of hydrogen-bond acceptors (Lipinski definition) is 5. The van der Waals surface area contributed by atoms with Crippen molar-refractivity contribution in [3.63, 3.8) is 0 Å². The molecule has 0 spiro atoms. The monoisotopic (exact) mass is 529 g/mol. The SMILES string of the molecule is CCOCCn1c(=NC(=O)c2ccc(S(=O)(=O)N(C)C3CCCCC3)cc2)sc2cc(C)c(C)cc21. The zero-order chi connectivity index (χ0) is 25.9.